The maximum atomic E-state index is 11.6. The molecule has 0 aliphatic carbocycles. The van der Waals surface area contributed by atoms with E-state index in [1.165, 1.54) is 0 Å². The molecule has 0 aliphatic rings. The van der Waals surface area contributed by atoms with Gasteiger partial charge >= 0.3 is 12.1 Å². The fourth-order valence-corrected chi connectivity index (χ4v) is 2.14. The molecule has 25 heavy (non-hydrogen) atoms. The van der Waals surface area contributed by atoms with Crippen molar-refractivity contribution in [2.75, 3.05) is 6.54 Å². The maximum Gasteiger partial charge on any atom is 0.407 e. The molecule has 0 unspecified atom stereocenters. The van der Waals surface area contributed by atoms with E-state index in [9.17, 15) is 9.59 Å². The molecule has 0 heterocycles. The molecule has 1 N–H and O–H groups in total. The lowest BCUT2D eigenvalue weighted by Gasteiger charge is -2.07. The first-order chi connectivity index (χ1) is 12.1. The second kappa shape index (κ2) is 10.4. The summed E-state index contributed by atoms with van der Waals surface area (Å²) in [6, 6.07) is 16.5. The van der Waals surface area contributed by atoms with Crippen molar-refractivity contribution in [3.8, 4) is 0 Å². The molecule has 0 saturated carbocycles. The summed E-state index contributed by atoms with van der Waals surface area (Å²) in [5, 5.41) is 3.24. The number of amides is 1. The monoisotopic (exact) mass is 361 g/mol. The summed E-state index contributed by atoms with van der Waals surface area (Å²) in [6.45, 7) is 0.780. The van der Waals surface area contributed by atoms with Gasteiger partial charge in [-0.2, -0.15) is 0 Å². The Bertz CT molecular complexity index is 674. The third-order valence-corrected chi connectivity index (χ3v) is 3.60. The van der Waals surface area contributed by atoms with E-state index in [1.54, 1.807) is 24.3 Å². The second-order valence-electron chi connectivity index (χ2n) is 5.38. The lowest BCUT2D eigenvalue weighted by atomic mass is 10.2. The average molecular weight is 362 g/mol. The molecule has 2 aromatic rings. The molecule has 5 nitrogen and oxygen atoms in total. The normalized spacial score (nSPS) is 10.1. The van der Waals surface area contributed by atoms with Crippen molar-refractivity contribution >= 4 is 23.7 Å². The van der Waals surface area contributed by atoms with Gasteiger partial charge in [-0.25, -0.2) is 4.79 Å². The van der Waals surface area contributed by atoms with Gasteiger partial charge < -0.3 is 14.8 Å². The number of hydrogen-bond acceptors (Lipinski definition) is 4. The molecule has 0 spiro atoms. The van der Waals surface area contributed by atoms with Crippen molar-refractivity contribution < 1.29 is 19.1 Å². The number of carbonyl (C=O) groups excluding carboxylic acids is 2. The van der Waals surface area contributed by atoms with Gasteiger partial charge in [-0.3, -0.25) is 4.79 Å². The van der Waals surface area contributed by atoms with Crippen LogP contribution in [0, 0.1) is 0 Å². The third-order valence-electron chi connectivity index (χ3n) is 3.35. The van der Waals surface area contributed by atoms with Crippen LogP contribution in [0.2, 0.25) is 5.02 Å². The molecule has 1 amide bonds. The number of halogens is 1. The van der Waals surface area contributed by atoms with Gasteiger partial charge in [0.25, 0.3) is 0 Å². The van der Waals surface area contributed by atoms with Crippen LogP contribution in [-0.2, 0) is 27.5 Å². The Morgan fingerprint density at radius 2 is 1.52 bits per heavy atom. The molecular formula is C19H20ClNO4. The number of esters is 1. The summed E-state index contributed by atoms with van der Waals surface area (Å²) in [4.78, 5) is 23.2. The number of alkyl carbamates (subject to hydrolysis) is 1. The van der Waals surface area contributed by atoms with E-state index in [4.69, 9.17) is 21.1 Å². The maximum absolute atomic E-state index is 11.6. The van der Waals surface area contributed by atoms with E-state index >= 15 is 0 Å². The van der Waals surface area contributed by atoms with Crippen LogP contribution in [0.3, 0.4) is 0 Å². The third kappa shape index (κ3) is 7.72. The number of benzene rings is 2. The molecule has 0 radical (unpaired) electrons. The van der Waals surface area contributed by atoms with E-state index in [2.05, 4.69) is 5.32 Å². The lowest BCUT2D eigenvalue weighted by molar-refractivity contribution is -0.145. The highest BCUT2D eigenvalue weighted by molar-refractivity contribution is 6.30. The van der Waals surface area contributed by atoms with Crippen LogP contribution < -0.4 is 5.32 Å². The number of ether oxygens (including phenoxy) is 2. The van der Waals surface area contributed by atoms with Crippen molar-refractivity contribution in [3.63, 3.8) is 0 Å². The van der Waals surface area contributed by atoms with Crippen LogP contribution in [0.15, 0.2) is 54.6 Å². The summed E-state index contributed by atoms with van der Waals surface area (Å²) < 4.78 is 10.2. The van der Waals surface area contributed by atoms with E-state index < -0.39 is 6.09 Å². The Morgan fingerprint density at radius 3 is 2.24 bits per heavy atom. The Labute approximate surface area is 151 Å². The summed E-state index contributed by atoms with van der Waals surface area (Å²) in [6.07, 6.45) is 0.213. The van der Waals surface area contributed by atoms with Crippen LogP contribution in [-0.4, -0.2) is 18.6 Å². The molecular weight excluding hydrogens is 342 g/mol. The number of carbonyl (C=O) groups is 2. The number of hydrogen-bond donors (Lipinski definition) is 1. The predicted octanol–water partition coefficient (Wildman–Crippen LogP) is 4.09. The molecule has 0 bridgehead atoms. The number of rotatable bonds is 8. The first-order valence-corrected chi connectivity index (χ1v) is 8.36. The van der Waals surface area contributed by atoms with Crippen molar-refractivity contribution in [2.24, 2.45) is 0 Å². The molecule has 0 aromatic heterocycles. The van der Waals surface area contributed by atoms with Crippen LogP contribution in [0.5, 0.6) is 0 Å². The molecule has 2 rings (SSSR count). The minimum absolute atomic E-state index is 0.211. The first kappa shape index (κ1) is 18.8. The van der Waals surface area contributed by atoms with Crippen molar-refractivity contribution in [3.05, 3.63) is 70.7 Å². The van der Waals surface area contributed by atoms with Crippen LogP contribution >= 0.6 is 11.6 Å². The van der Waals surface area contributed by atoms with Gasteiger partial charge in [-0.15, -0.1) is 0 Å². The van der Waals surface area contributed by atoms with E-state index in [0.717, 1.165) is 11.1 Å². The molecule has 6 heteroatoms. The van der Waals surface area contributed by atoms with E-state index in [-0.39, 0.29) is 25.6 Å². The van der Waals surface area contributed by atoms with Crippen LogP contribution in [0.1, 0.15) is 24.0 Å². The Morgan fingerprint density at radius 1 is 0.880 bits per heavy atom. The van der Waals surface area contributed by atoms with Crippen molar-refractivity contribution in [2.45, 2.75) is 26.1 Å². The smallest absolute Gasteiger partial charge is 0.407 e. The standard InChI is InChI=1S/C19H20ClNO4/c20-17-10-8-16(9-11-17)13-24-18(22)7-4-12-21-19(23)25-14-15-5-2-1-3-6-15/h1-3,5-6,8-11H,4,7,12-14H2,(H,21,23). The molecule has 0 saturated heterocycles. The van der Waals surface area contributed by atoms with Gasteiger partial charge in [0.1, 0.15) is 13.2 Å². The highest BCUT2D eigenvalue weighted by atomic mass is 35.5. The molecule has 132 valence electrons. The van der Waals surface area contributed by atoms with E-state index in [0.29, 0.717) is 18.0 Å². The first-order valence-electron chi connectivity index (χ1n) is 7.98. The number of nitrogens with one attached hydrogen (secondary N) is 1. The van der Waals surface area contributed by atoms with Crippen molar-refractivity contribution in [1.82, 2.24) is 5.32 Å². The quantitative estimate of drug-likeness (QED) is 0.568. The fraction of sp³-hybridized carbons (Fsp3) is 0.263. The Hall–Kier alpha value is -2.53. The minimum atomic E-state index is -0.501. The van der Waals surface area contributed by atoms with Gasteiger partial charge in [0.2, 0.25) is 0 Å². The zero-order valence-electron chi connectivity index (χ0n) is 13.7. The topological polar surface area (TPSA) is 64.6 Å². The highest BCUT2D eigenvalue weighted by Crippen LogP contribution is 2.10. The summed E-state index contributed by atoms with van der Waals surface area (Å²) in [5.41, 5.74) is 1.80. The minimum Gasteiger partial charge on any atom is -0.461 e. The zero-order chi connectivity index (χ0) is 17.9. The molecule has 2 aromatic carbocycles. The zero-order valence-corrected chi connectivity index (χ0v) is 14.5. The lowest BCUT2D eigenvalue weighted by Crippen LogP contribution is -2.25. The average Bonchev–Trinajstić information content (AvgIpc) is 2.64. The van der Waals surface area contributed by atoms with Gasteiger partial charge in [0.15, 0.2) is 0 Å². The van der Waals surface area contributed by atoms with Gasteiger partial charge in [0, 0.05) is 18.0 Å². The Kier molecular flexibility index (Phi) is 7.79. The fourth-order valence-electron chi connectivity index (χ4n) is 2.01. The van der Waals surface area contributed by atoms with Gasteiger partial charge in [-0.1, -0.05) is 54.1 Å². The van der Waals surface area contributed by atoms with Gasteiger partial charge in [0.05, 0.1) is 0 Å². The second-order valence-corrected chi connectivity index (χ2v) is 5.82. The molecule has 0 fully saturated rings. The summed E-state index contributed by atoms with van der Waals surface area (Å²) in [5.74, 6) is -0.311. The Balaban J connectivity index is 1.53. The highest BCUT2D eigenvalue weighted by Gasteiger charge is 2.06. The summed E-state index contributed by atoms with van der Waals surface area (Å²) in [7, 11) is 0. The van der Waals surface area contributed by atoms with Crippen LogP contribution in [0.4, 0.5) is 4.79 Å². The molecule has 0 atom stereocenters. The molecule has 0 aliphatic heterocycles. The van der Waals surface area contributed by atoms with Gasteiger partial charge in [-0.05, 0) is 29.7 Å². The largest absolute Gasteiger partial charge is 0.461 e. The van der Waals surface area contributed by atoms with E-state index in [1.807, 2.05) is 30.3 Å². The SMILES string of the molecule is O=C(CCCNC(=O)OCc1ccccc1)OCc1ccc(Cl)cc1. The van der Waals surface area contributed by atoms with Crippen molar-refractivity contribution in [1.29, 1.82) is 0 Å². The summed E-state index contributed by atoms with van der Waals surface area (Å²) >= 11 is 5.79. The predicted molar refractivity (Wildman–Crippen MR) is 95.1 cm³/mol. The van der Waals surface area contributed by atoms with Crippen LogP contribution in [0.25, 0.3) is 0 Å².